The van der Waals surface area contributed by atoms with Crippen LogP contribution in [0.1, 0.15) is 22.7 Å². The van der Waals surface area contributed by atoms with Crippen LogP contribution in [0.15, 0.2) is 115 Å². The predicted molar refractivity (Wildman–Crippen MR) is 160 cm³/mol. The molecule has 1 saturated heterocycles. The average molecular weight is 568 g/mol. The molecule has 0 N–H and O–H groups in total. The van der Waals surface area contributed by atoms with Crippen molar-refractivity contribution in [2.24, 2.45) is 0 Å². The number of piperazine rings is 1. The number of anilines is 1. The molecule has 0 aromatic heterocycles. The lowest BCUT2D eigenvalue weighted by atomic mass is 9.96. The van der Waals surface area contributed by atoms with Crippen molar-refractivity contribution in [1.29, 1.82) is 0 Å². The molecule has 8 heteroatoms. The molecule has 6 rings (SSSR count). The van der Waals surface area contributed by atoms with Crippen LogP contribution in [-0.2, 0) is 20.6 Å². The highest BCUT2D eigenvalue weighted by atomic mass is 32.2. The van der Waals surface area contributed by atoms with Crippen molar-refractivity contribution in [3.63, 3.8) is 0 Å². The predicted octanol–water partition coefficient (Wildman–Crippen LogP) is 4.72. The fourth-order valence-corrected chi connectivity index (χ4v) is 7.33. The van der Waals surface area contributed by atoms with E-state index in [1.54, 1.807) is 36.4 Å². The molecule has 1 atom stereocenters. The van der Waals surface area contributed by atoms with Gasteiger partial charge in [-0.3, -0.25) is 14.0 Å². The number of rotatable bonds is 7. The number of fused-ring (bicyclic) bond motifs is 1. The van der Waals surface area contributed by atoms with Gasteiger partial charge in [0, 0.05) is 26.2 Å². The Morgan fingerprint density at radius 2 is 1.27 bits per heavy atom. The Labute approximate surface area is 241 Å². The average Bonchev–Trinajstić information content (AvgIpc) is 3.02. The molecule has 2 aliphatic heterocycles. The normalized spacial score (nSPS) is 17.6. The Morgan fingerprint density at radius 3 is 1.88 bits per heavy atom. The quantitative estimate of drug-likeness (QED) is 0.323. The zero-order valence-corrected chi connectivity index (χ0v) is 23.6. The number of ether oxygens (including phenoxy) is 1. The van der Waals surface area contributed by atoms with Gasteiger partial charge in [0.05, 0.1) is 24.0 Å². The molecule has 2 heterocycles. The van der Waals surface area contributed by atoms with Gasteiger partial charge in [-0.1, -0.05) is 103 Å². The number of para-hydroxylation sites is 2. The second kappa shape index (κ2) is 11.8. The third-order valence-electron chi connectivity index (χ3n) is 7.76. The SMILES string of the molecule is O=C([C@H]1CN(S(=O)(=O)Cc2ccccc2)c2ccccc2O1)N1CCN(C(c2ccccc2)c2ccccc2)CC1. The molecule has 4 aromatic rings. The molecule has 2 aliphatic rings. The van der Waals surface area contributed by atoms with Crippen LogP contribution in [0.2, 0.25) is 0 Å². The lowest BCUT2D eigenvalue weighted by Crippen LogP contribution is -2.56. The molecule has 0 saturated carbocycles. The van der Waals surface area contributed by atoms with Gasteiger partial charge in [-0.05, 0) is 28.8 Å². The standard InChI is InChI=1S/C33H33N3O4S/c37-33(35-22-20-34(21-23-35)32(27-14-6-2-7-15-27)28-16-8-3-9-17-28)31-24-36(29-18-10-11-19-30(29)40-31)41(38,39)25-26-12-4-1-5-13-26/h1-19,31-32H,20-25H2/t31-/m1/s1. The molecule has 0 spiro atoms. The number of carbonyl (C=O) groups excluding carboxylic acids is 1. The maximum Gasteiger partial charge on any atom is 0.265 e. The van der Waals surface area contributed by atoms with E-state index in [1.807, 2.05) is 35.2 Å². The Bertz CT molecular complexity index is 1540. The van der Waals surface area contributed by atoms with Crippen LogP contribution in [0.4, 0.5) is 5.69 Å². The van der Waals surface area contributed by atoms with Gasteiger partial charge in [0.15, 0.2) is 6.10 Å². The molecular formula is C33H33N3O4S. The third kappa shape index (κ3) is 5.85. The van der Waals surface area contributed by atoms with Gasteiger partial charge in [-0.2, -0.15) is 0 Å². The zero-order valence-electron chi connectivity index (χ0n) is 22.7. The summed E-state index contributed by atoms with van der Waals surface area (Å²) < 4.78 is 34.6. The highest BCUT2D eigenvalue weighted by Gasteiger charge is 2.39. The van der Waals surface area contributed by atoms with Gasteiger partial charge in [0.25, 0.3) is 5.91 Å². The molecule has 0 radical (unpaired) electrons. The second-order valence-corrected chi connectivity index (χ2v) is 12.3. The van der Waals surface area contributed by atoms with E-state index >= 15 is 0 Å². The van der Waals surface area contributed by atoms with E-state index in [1.165, 1.54) is 15.4 Å². The van der Waals surface area contributed by atoms with E-state index in [0.29, 0.717) is 43.2 Å². The number of nitrogens with zero attached hydrogens (tertiary/aromatic N) is 3. The summed E-state index contributed by atoms with van der Waals surface area (Å²) >= 11 is 0. The van der Waals surface area contributed by atoms with Crippen LogP contribution < -0.4 is 9.04 Å². The summed E-state index contributed by atoms with van der Waals surface area (Å²) in [6.07, 6.45) is -0.916. The van der Waals surface area contributed by atoms with E-state index in [9.17, 15) is 13.2 Å². The van der Waals surface area contributed by atoms with E-state index in [-0.39, 0.29) is 24.2 Å². The first-order chi connectivity index (χ1) is 20.0. The summed E-state index contributed by atoms with van der Waals surface area (Å²) in [5, 5.41) is 0. The third-order valence-corrected chi connectivity index (χ3v) is 9.48. The van der Waals surface area contributed by atoms with Crippen LogP contribution in [0.25, 0.3) is 0 Å². The maximum absolute atomic E-state index is 13.8. The second-order valence-electron chi connectivity index (χ2n) is 10.4. The molecule has 7 nitrogen and oxygen atoms in total. The van der Waals surface area contributed by atoms with Crippen molar-refractivity contribution >= 4 is 21.6 Å². The van der Waals surface area contributed by atoms with Crippen LogP contribution >= 0.6 is 0 Å². The Morgan fingerprint density at radius 1 is 0.732 bits per heavy atom. The summed E-state index contributed by atoms with van der Waals surface area (Å²) in [6, 6.07) is 37.1. The monoisotopic (exact) mass is 567 g/mol. The largest absolute Gasteiger partial charge is 0.476 e. The molecule has 1 fully saturated rings. The van der Waals surface area contributed by atoms with Gasteiger partial charge in [0.1, 0.15) is 5.75 Å². The highest BCUT2D eigenvalue weighted by molar-refractivity contribution is 7.92. The number of hydrogen-bond acceptors (Lipinski definition) is 5. The minimum absolute atomic E-state index is 0.0537. The number of carbonyl (C=O) groups is 1. The fourth-order valence-electron chi connectivity index (χ4n) is 5.75. The van der Waals surface area contributed by atoms with Crippen molar-refractivity contribution in [2.75, 3.05) is 37.0 Å². The van der Waals surface area contributed by atoms with Gasteiger partial charge in [-0.25, -0.2) is 8.42 Å². The molecule has 0 unspecified atom stereocenters. The molecule has 210 valence electrons. The smallest absolute Gasteiger partial charge is 0.265 e. The summed E-state index contributed by atoms with van der Waals surface area (Å²) in [6.45, 7) is 2.40. The van der Waals surface area contributed by atoms with Crippen LogP contribution in [0, 0.1) is 0 Å². The van der Waals surface area contributed by atoms with Crippen molar-refractivity contribution in [2.45, 2.75) is 17.9 Å². The molecular weight excluding hydrogens is 534 g/mol. The number of amides is 1. The Hall–Kier alpha value is -4.14. The lowest BCUT2D eigenvalue weighted by molar-refractivity contribution is -0.140. The summed E-state index contributed by atoms with van der Waals surface area (Å²) in [5.41, 5.74) is 3.59. The van der Waals surface area contributed by atoms with E-state index < -0.39 is 16.1 Å². The minimum Gasteiger partial charge on any atom is -0.476 e. The van der Waals surface area contributed by atoms with Gasteiger partial charge >= 0.3 is 0 Å². The first-order valence-electron chi connectivity index (χ1n) is 13.9. The first kappa shape index (κ1) is 27.1. The van der Waals surface area contributed by atoms with Crippen LogP contribution in [0.5, 0.6) is 5.75 Å². The number of benzene rings is 4. The number of hydrogen-bond donors (Lipinski definition) is 0. The molecule has 0 bridgehead atoms. The summed E-state index contributed by atoms with van der Waals surface area (Å²) in [5.74, 6) is 0.0675. The summed E-state index contributed by atoms with van der Waals surface area (Å²) in [7, 11) is -3.75. The Balaban J connectivity index is 1.19. The van der Waals surface area contributed by atoms with Gasteiger partial charge < -0.3 is 9.64 Å². The topological polar surface area (TPSA) is 70.2 Å². The zero-order chi connectivity index (χ0) is 28.2. The van der Waals surface area contributed by atoms with Crippen molar-refractivity contribution in [3.05, 3.63) is 132 Å². The fraction of sp³-hybridized carbons (Fsp3) is 0.242. The highest BCUT2D eigenvalue weighted by Crippen LogP contribution is 2.36. The molecule has 0 aliphatic carbocycles. The van der Waals surface area contributed by atoms with Crippen molar-refractivity contribution in [3.8, 4) is 5.75 Å². The number of sulfonamides is 1. The van der Waals surface area contributed by atoms with E-state index in [2.05, 4.69) is 53.4 Å². The van der Waals surface area contributed by atoms with Crippen LogP contribution in [0.3, 0.4) is 0 Å². The summed E-state index contributed by atoms with van der Waals surface area (Å²) in [4.78, 5) is 18.0. The molecule has 4 aromatic carbocycles. The van der Waals surface area contributed by atoms with Gasteiger partial charge in [-0.15, -0.1) is 0 Å². The Kier molecular flexibility index (Phi) is 7.76. The van der Waals surface area contributed by atoms with Gasteiger partial charge in [0.2, 0.25) is 10.0 Å². The molecule has 41 heavy (non-hydrogen) atoms. The maximum atomic E-state index is 13.8. The molecule has 1 amide bonds. The first-order valence-corrected chi connectivity index (χ1v) is 15.5. The van der Waals surface area contributed by atoms with E-state index in [4.69, 9.17) is 4.74 Å². The lowest BCUT2D eigenvalue weighted by Gasteiger charge is -2.42. The van der Waals surface area contributed by atoms with Crippen LogP contribution in [-0.4, -0.2) is 63.0 Å². The van der Waals surface area contributed by atoms with Crippen molar-refractivity contribution < 1.29 is 17.9 Å². The van der Waals surface area contributed by atoms with Crippen molar-refractivity contribution in [1.82, 2.24) is 9.80 Å². The minimum atomic E-state index is -3.75. The van der Waals surface area contributed by atoms with E-state index in [0.717, 1.165) is 0 Å².